The van der Waals surface area contributed by atoms with Crippen LogP contribution in [0.3, 0.4) is 0 Å². The number of thiocarbonyl (C=S) groups is 1. The van der Waals surface area contributed by atoms with E-state index in [1.54, 1.807) is 24.3 Å². The summed E-state index contributed by atoms with van der Waals surface area (Å²) in [6, 6.07) is 24.7. The molecule has 0 spiro atoms. The lowest BCUT2D eigenvalue weighted by atomic mass is 10.2. The molecule has 28 heavy (non-hydrogen) atoms. The Kier molecular flexibility index (Phi) is 7.17. The minimum atomic E-state index is -0.273. The van der Waals surface area contributed by atoms with Crippen LogP contribution in [0.2, 0.25) is 0 Å². The van der Waals surface area contributed by atoms with E-state index in [-0.39, 0.29) is 11.0 Å². The van der Waals surface area contributed by atoms with Gasteiger partial charge in [-0.3, -0.25) is 10.1 Å². The molecule has 2 N–H and O–H groups in total. The Bertz CT molecular complexity index is 929. The number of amides is 1. The molecule has 3 aromatic rings. The highest BCUT2D eigenvalue weighted by Crippen LogP contribution is 2.15. The number of hydrogen-bond donors (Lipinski definition) is 2. The molecule has 0 saturated carbocycles. The van der Waals surface area contributed by atoms with Crippen LogP contribution in [-0.2, 0) is 6.42 Å². The van der Waals surface area contributed by atoms with E-state index in [9.17, 15) is 4.79 Å². The summed E-state index contributed by atoms with van der Waals surface area (Å²) in [6.45, 7) is 0.580. The molecule has 0 aliphatic carbocycles. The molecule has 0 atom stereocenters. The van der Waals surface area contributed by atoms with Crippen molar-refractivity contribution in [1.29, 1.82) is 0 Å². The van der Waals surface area contributed by atoms with Gasteiger partial charge in [-0.05, 0) is 66.3 Å². The zero-order valence-electron chi connectivity index (χ0n) is 15.0. The number of nitrogens with one attached hydrogen (secondary N) is 2. The lowest BCUT2D eigenvalue weighted by Gasteiger charge is -2.10. The van der Waals surface area contributed by atoms with Gasteiger partial charge in [-0.25, -0.2) is 0 Å². The van der Waals surface area contributed by atoms with Crippen LogP contribution in [0.15, 0.2) is 83.3 Å². The highest BCUT2D eigenvalue weighted by molar-refractivity contribution is 9.10. The van der Waals surface area contributed by atoms with Gasteiger partial charge in [0.05, 0.1) is 6.61 Å². The molecule has 4 nitrogen and oxygen atoms in total. The van der Waals surface area contributed by atoms with Gasteiger partial charge >= 0.3 is 0 Å². The van der Waals surface area contributed by atoms with Gasteiger partial charge in [-0.1, -0.05) is 46.3 Å². The Morgan fingerprint density at radius 3 is 2.29 bits per heavy atom. The number of halogens is 1. The van der Waals surface area contributed by atoms with Crippen molar-refractivity contribution in [1.82, 2.24) is 5.32 Å². The third-order valence-electron chi connectivity index (χ3n) is 3.95. The maximum absolute atomic E-state index is 12.3. The number of rotatable bonds is 6. The molecule has 1 amide bonds. The summed E-state index contributed by atoms with van der Waals surface area (Å²) in [5.74, 6) is 0.452. The predicted octanol–water partition coefficient (Wildman–Crippen LogP) is 5.20. The summed E-state index contributed by atoms with van der Waals surface area (Å²) >= 11 is 8.57. The van der Waals surface area contributed by atoms with Crippen LogP contribution in [0.25, 0.3) is 0 Å². The SMILES string of the molecule is O=C(NC(=S)Nc1ccc(Br)cc1)c1ccc(OCCc2ccccc2)cc1. The number of hydrogen-bond acceptors (Lipinski definition) is 3. The number of benzene rings is 3. The summed E-state index contributed by atoms with van der Waals surface area (Å²) in [6.07, 6.45) is 0.832. The van der Waals surface area contributed by atoms with Crippen molar-refractivity contribution in [3.63, 3.8) is 0 Å². The average Bonchev–Trinajstić information content (AvgIpc) is 2.71. The Morgan fingerprint density at radius 1 is 0.929 bits per heavy atom. The monoisotopic (exact) mass is 454 g/mol. The van der Waals surface area contributed by atoms with E-state index in [2.05, 4.69) is 38.7 Å². The normalized spacial score (nSPS) is 10.2. The summed E-state index contributed by atoms with van der Waals surface area (Å²) in [5.41, 5.74) is 2.54. The van der Waals surface area contributed by atoms with Gasteiger partial charge in [0.2, 0.25) is 0 Å². The minimum Gasteiger partial charge on any atom is -0.493 e. The Hall–Kier alpha value is -2.70. The molecule has 142 valence electrons. The fourth-order valence-corrected chi connectivity index (χ4v) is 2.98. The second kappa shape index (κ2) is 10.0. The van der Waals surface area contributed by atoms with Gasteiger partial charge < -0.3 is 10.1 Å². The van der Waals surface area contributed by atoms with E-state index in [4.69, 9.17) is 17.0 Å². The Balaban J connectivity index is 1.47. The minimum absolute atomic E-state index is 0.246. The molecule has 0 saturated heterocycles. The first-order chi connectivity index (χ1) is 13.6. The highest BCUT2D eigenvalue weighted by atomic mass is 79.9. The molecule has 0 radical (unpaired) electrons. The van der Waals surface area contributed by atoms with Crippen LogP contribution in [0.5, 0.6) is 5.75 Å². The summed E-state index contributed by atoms with van der Waals surface area (Å²) in [5, 5.41) is 5.90. The highest BCUT2D eigenvalue weighted by Gasteiger charge is 2.08. The average molecular weight is 455 g/mol. The quantitative estimate of drug-likeness (QED) is 0.502. The largest absolute Gasteiger partial charge is 0.493 e. The van der Waals surface area contributed by atoms with Gasteiger partial charge in [0, 0.05) is 22.1 Å². The van der Waals surface area contributed by atoms with Crippen molar-refractivity contribution in [2.45, 2.75) is 6.42 Å². The zero-order valence-corrected chi connectivity index (χ0v) is 17.4. The van der Waals surface area contributed by atoms with Gasteiger partial charge in [-0.2, -0.15) is 0 Å². The molecule has 0 aliphatic heterocycles. The van der Waals surface area contributed by atoms with Crippen LogP contribution in [0.1, 0.15) is 15.9 Å². The zero-order chi connectivity index (χ0) is 19.8. The first-order valence-corrected chi connectivity index (χ1v) is 9.95. The molecule has 0 heterocycles. The third kappa shape index (κ3) is 6.18. The maximum atomic E-state index is 12.3. The van der Waals surface area contributed by atoms with E-state index in [0.29, 0.717) is 12.2 Å². The van der Waals surface area contributed by atoms with E-state index >= 15 is 0 Å². The van der Waals surface area contributed by atoms with E-state index in [1.165, 1.54) is 5.56 Å². The molecule has 0 aliphatic rings. The first kappa shape index (κ1) is 20.0. The van der Waals surface area contributed by atoms with Gasteiger partial charge in [0.1, 0.15) is 5.75 Å². The Labute approximate surface area is 178 Å². The van der Waals surface area contributed by atoms with Crippen molar-refractivity contribution < 1.29 is 9.53 Å². The lowest BCUT2D eigenvalue weighted by Crippen LogP contribution is -2.34. The van der Waals surface area contributed by atoms with Crippen molar-refractivity contribution in [3.05, 3.63) is 94.5 Å². The van der Waals surface area contributed by atoms with E-state index in [0.717, 1.165) is 22.3 Å². The smallest absolute Gasteiger partial charge is 0.257 e. The van der Waals surface area contributed by atoms with E-state index in [1.807, 2.05) is 42.5 Å². The van der Waals surface area contributed by atoms with Crippen LogP contribution in [-0.4, -0.2) is 17.6 Å². The van der Waals surface area contributed by atoms with Crippen LogP contribution < -0.4 is 15.4 Å². The number of carbonyl (C=O) groups excluding carboxylic acids is 1. The van der Waals surface area contributed by atoms with Gasteiger partial charge in [0.15, 0.2) is 5.11 Å². The van der Waals surface area contributed by atoms with Crippen molar-refractivity contribution in [2.75, 3.05) is 11.9 Å². The fourth-order valence-electron chi connectivity index (χ4n) is 2.50. The molecule has 0 unspecified atom stereocenters. The number of anilines is 1. The molecule has 3 aromatic carbocycles. The van der Waals surface area contributed by atoms with Crippen LogP contribution in [0.4, 0.5) is 5.69 Å². The van der Waals surface area contributed by atoms with Gasteiger partial charge in [-0.15, -0.1) is 0 Å². The topological polar surface area (TPSA) is 50.4 Å². The second-order valence-electron chi connectivity index (χ2n) is 6.02. The van der Waals surface area contributed by atoms with Crippen molar-refractivity contribution in [2.24, 2.45) is 0 Å². The summed E-state index contributed by atoms with van der Waals surface area (Å²) in [7, 11) is 0. The maximum Gasteiger partial charge on any atom is 0.257 e. The molecular formula is C22H19BrN2O2S. The van der Waals surface area contributed by atoms with E-state index < -0.39 is 0 Å². The molecular weight excluding hydrogens is 436 g/mol. The van der Waals surface area contributed by atoms with Gasteiger partial charge in [0.25, 0.3) is 5.91 Å². The number of ether oxygens (including phenoxy) is 1. The molecule has 0 bridgehead atoms. The molecule has 3 rings (SSSR count). The van der Waals surface area contributed by atoms with Crippen LogP contribution >= 0.6 is 28.1 Å². The first-order valence-electron chi connectivity index (χ1n) is 8.75. The van der Waals surface area contributed by atoms with Crippen molar-refractivity contribution in [3.8, 4) is 5.75 Å². The molecule has 0 aromatic heterocycles. The van der Waals surface area contributed by atoms with Crippen LogP contribution in [0, 0.1) is 0 Å². The summed E-state index contributed by atoms with van der Waals surface area (Å²) < 4.78 is 6.71. The molecule has 0 fully saturated rings. The summed E-state index contributed by atoms with van der Waals surface area (Å²) in [4.78, 5) is 12.3. The fraction of sp³-hybridized carbons (Fsp3) is 0.0909. The molecule has 6 heteroatoms. The standard InChI is InChI=1S/C22H19BrN2O2S/c23-18-8-10-19(11-9-18)24-22(28)25-21(26)17-6-12-20(13-7-17)27-15-14-16-4-2-1-3-5-16/h1-13H,14-15H2,(H2,24,25,26,28). The lowest BCUT2D eigenvalue weighted by molar-refractivity contribution is 0.0977. The number of carbonyl (C=O) groups is 1. The predicted molar refractivity (Wildman–Crippen MR) is 120 cm³/mol. The third-order valence-corrected chi connectivity index (χ3v) is 4.68. The van der Waals surface area contributed by atoms with Crippen molar-refractivity contribution >= 4 is 44.9 Å². The Morgan fingerprint density at radius 2 is 1.61 bits per heavy atom. The second-order valence-corrected chi connectivity index (χ2v) is 7.35.